The third-order valence-corrected chi connectivity index (χ3v) is 9.49. The van der Waals surface area contributed by atoms with Gasteiger partial charge < -0.3 is 16.2 Å². The molecule has 0 saturated heterocycles. The van der Waals surface area contributed by atoms with E-state index < -0.39 is 33.3 Å². The number of amides is 2. The van der Waals surface area contributed by atoms with Crippen molar-refractivity contribution in [3.63, 3.8) is 0 Å². The Morgan fingerprint density at radius 2 is 1.61 bits per heavy atom. The Hall–Kier alpha value is -2.03. The molecule has 0 aromatic carbocycles. The van der Waals surface area contributed by atoms with Crippen LogP contribution in [0.2, 0.25) is 0 Å². The molecule has 10 heteroatoms. The second kappa shape index (κ2) is 10.5. The number of hydrogen-bond donors (Lipinski definition) is 2. The van der Waals surface area contributed by atoms with Crippen LogP contribution < -0.4 is 10.6 Å². The van der Waals surface area contributed by atoms with Crippen LogP contribution in [0.3, 0.4) is 0 Å². The summed E-state index contributed by atoms with van der Waals surface area (Å²) in [4.78, 5) is 27.8. The molecule has 2 N–H and O–H groups in total. The smallest absolute Gasteiger partial charge is 0.357 e. The first-order chi connectivity index (χ1) is 15.9. The van der Waals surface area contributed by atoms with Crippen molar-refractivity contribution in [3.8, 4) is 0 Å². The molecule has 3 atom stereocenters. The molecule has 3 unspecified atom stereocenters. The van der Waals surface area contributed by atoms with Crippen molar-refractivity contribution in [3.05, 3.63) is 17.7 Å². The predicted molar refractivity (Wildman–Crippen MR) is 122 cm³/mol. The summed E-state index contributed by atoms with van der Waals surface area (Å²) >= 11 is 0. The van der Waals surface area contributed by atoms with Gasteiger partial charge in [0.15, 0.2) is 0 Å². The molecule has 9 nitrogen and oxygen atoms in total. The Morgan fingerprint density at radius 1 is 0.939 bits per heavy atom. The summed E-state index contributed by atoms with van der Waals surface area (Å²) in [5.41, 5.74) is 8.97. The summed E-state index contributed by atoms with van der Waals surface area (Å²) in [6.07, 6.45) is 12.4. The highest BCUT2D eigenvalue weighted by Gasteiger charge is 2.48. The van der Waals surface area contributed by atoms with Gasteiger partial charge in [0.05, 0.1) is 11.4 Å². The van der Waals surface area contributed by atoms with Crippen molar-refractivity contribution in [1.82, 2.24) is 10.6 Å². The third-order valence-electron chi connectivity index (χ3n) is 7.66. The maximum atomic E-state index is 13.1. The second-order valence-electron chi connectivity index (χ2n) is 9.88. The van der Waals surface area contributed by atoms with Crippen LogP contribution in [-0.4, -0.2) is 54.2 Å². The van der Waals surface area contributed by atoms with E-state index in [-0.39, 0.29) is 29.6 Å². The van der Waals surface area contributed by atoms with E-state index >= 15 is 0 Å². The second-order valence-corrected chi connectivity index (χ2v) is 11.7. The highest BCUT2D eigenvalue weighted by molar-refractivity contribution is 7.87. The summed E-state index contributed by atoms with van der Waals surface area (Å²) in [6, 6.07) is 0.139. The minimum absolute atomic E-state index is 0.0188. The molecule has 0 bridgehead atoms. The van der Waals surface area contributed by atoms with Gasteiger partial charge >= 0.3 is 11.7 Å². The first-order valence-corrected chi connectivity index (χ1v) is 13.8. The highest BCUT2D eigenvalue weighted by Crippen LogP contribution is 2.39. The van der Waals surface area contributed by atoms with E-state index in [0.29, 0.717) is 44.9 Å². The van der Waals surface area contributed by atoms with Gasteiger partial charge in [-0.05, 0) is 51.4 Å². The molecule has 3 saturated carbocycles. The van der Waals surface area contributed by atoms with Gasteiger partial charge in [-0.2, -0.15) is 13.2 Å². The van der Waals surface area contributed by atoms with Crippen LogP contribution in [0, 0.1) is 11.8 Å². The molecule has 182 valence electrons. The SMILES string of the molecule is [N-]=[N+]=C1C=CC2C(CCCC2S(=O)(=O)OC2CCC(NC(=O)NC3CCCCC3)CC2)C1=O. The van der Waals surface area contributed by atoms with Crippen molar-refractivity contribution in [1.29, 1.82) is 0 Å². The van der Waals surface area contributed by atoms with Crippen LogP contribution in [0.5, 0.6) is 0 Å². The van der Waals surface area contributed by atoms with Gasteiger partial charge in [-0.25, -0.2) is 4.79 Å². The van der Waals surface area contributed by atoms with Gasteiger partial charge in [0.2, 0.25) is 5.78 Å². The number of urea groups is 1. The number of nitrogens with one attached hydrogen (secondary N) is 2. The van der Waals surface area contributed by atoms with Crippen LogP contribution in [-0.2, 0) is 19.1 Å². The lowest BCUT2D eigenvalue weighted by atomic mass is 9.72. The topological polar surface area (TPSA) is 138 Å². The molecule has 0 heterocycles. The Morgan fingerprint density at radius 3 is 2.27 bits per heavy atom. The molecule has 0 radical (unpaired) electrons. The Kier molecular flexibility index (Phi) is 7.66. The molecule has 2 amide bonds. The Labute approximate surface area is 195 Å². The molecular weight excluding hydrogens is 444 g/mol. The van der Waals surface area contributed by atoms with Gasteiger partial charge in [0.1, 0.15) is 0 Å². The fraction of sp³-hybridized carbons (Fsp3) is 0.783. The Balaban J connectivity index is 1.28. The number of nitrogens with zero attached hydrogens (tertiary/aromatic N) is 2. The first kappa shape index (κ1) is 24.1. The van der Waals surface area contributed by atoms with Gasteiger partial charge in [0, 0.05) is 30.0 Å². The van der Waals surface area contributed by atoms with Crippen LogP contribution in [0.15, 0.2) is 12.2 Å². The molecule has 4 aliphatic carbocycles. The van der Waals surface area contributed by atoms with E-state index in [4.69, 9.17) is 9.71 Å². The van der Waals surface area contributed by atoms with E-state index in [1.54, 1.807) is 6.08 Å². The van der Waals surface area contributed by atoms with Crippen LogP contribution in [0.1, 0.15) is 77.0 Å². The zero-order valence-corrected chi connectivity index (χ0v) is 19.8. The standard InChI is InChI=1S/C23H34N4O5S/c24-27-20-14-13-18-19(22(20)28)7-4-8-21(18)33(30,31)32-17-11-9-16(10-12-17)26-23(29)25-15-5-2-1-3-6-15/h13-19,21H,1-12H2,(H2,25,26,29). The minimum Gasteiger partial charge on any atom is -0.361 e. The van der Waals surface area contributed by atoms with Crippen molar-refractivity contribution < 1.29 is 27.0 Å². The molecule has 0 aromatic rings. The maximum absolute atomic E-state index is 13.1. The average Bonchev–Trinajstić information content (AvgIpc) is 2.81. The summed E-state index contributed by atoms with van der Waals surface area (Å²) < 4.78 is 31.9. The molecule has 0 spiro atoms. The van der Waals surface area contributed by atoms with Gasteiger partial charge in [0.25, 0.3) is 10.1 Å². The van der Waals surface area contributed by atoms with Crippen LogP contribution >= 0.6 is 0 Å². The summed E-state index contributed by atoms with van der Waals surface area (Å²) in [5, 5.41) is 5.32. The fourth-order valence-corrected chi connectivity index (χ4v) is 7.70. The van der Waals surface area contributed by atoms with E-state index in [2.05, 4.69) is 15.4 Å². The van der Waals surface area contributed by atoms with Crippen molar-refractivity contribution in [2.24, 2.45) is 11.8 Å². The summed E-state index contributed by atoms with van der Waals surface area (Å²) in [5.74, 6) is -1.24. The third kappa shape index (κ3) is 5.73. The van der Waals surface area contributed by atoms with E-state index in [1.165, 1.54) is 12.5 Å². The number of carbonyl (C=O) groups excluding carboxylic acids is 2. The van der Waals surface area contributed by atoms with E-state index in [0.717, 1.165) is 25.7 Å². The molecule has 4 aliphatic rings. The minimum atomic E-state index is -3.87. The predicted octanol–water partition coefficient (Wildman–Crippen LogP) is 2.87. The van der Waals surface area contributed by atoms with Gasteiger partial charge in [-0.1, -0.05) is 31.8 Å². The fourth-order valence-electron chi connectivity index (χ4n) is 5.86. The zero-order chi connectivity index (χ0) is 23.4. The first-order valence-electron chi connectivity index (χ1n) is 12.3. The lowest BCUT2D eigenvalue weighted by molar-refractivity contribution is -0.122. The summed E-state index contributed by atoms with van der Waals surface area (Å²) in [7, 11) is -3.87. The number of ketones is 1. The van der Waals surface area contributed by atoms with Crippen molar-refractivity contribution in [2.45, 2.75) is 100 Å². The van der Waals surface area contributed by atoms with Crippen LogP contribution in [0.25, 0.3) is 5.53 Å². The highest BCUT2D eigenvalue weighted by atomic mass is 32.2. The van der Waals surface area contributed by atoms with Crippen molar-refractivity contribution >= 4 is 27.6 Å². The molecular formula is C23H34N4O5S. The van der Waals surface area contributed by atoms with Crippen LogP contribution in [0.4, 0.5) is 4.79 Å². The monoisotopic (exact) mass is 478 g/mol. The van der Waals surface area contributed by atoms with Crippen molar-refractivity contribution in [2.75, 3.05) is 0 Å². The van der Waals surface area contributed by atoms with E-state index in [1.807, 2.05) is 0 Å². The quantitative estimate of drug-likeness (QED) is 0.355. The number of allylic oxidation sites excluding steroid dienone is 2. The maximum Gasteiger partial charge on any atom is 0.357 e. The number of hydrogen-bond acceptors (Lipinski definition) is 5. The average molecular weight is 479 g/mol. The van der Waals surface area contributed by atoms with Gasteiger partial charge in [-0.15, -0.1) is 0 Å². The normalized spacial score (nSPS) is 33.2. The number of fused-ring (bicyclic) bond motifs is 1. The molecule has 0 aliphatic heterocycles. The summed E-state index contributed by atoms with van der Waals surface area (Å²) in [6.45, 7) is 0. The molecule has 3 fully saturated rings. The lowest BCUT2D eigenvalue weighted by Crippen LogP contribution is -2.48. The Bertz CT molecular complexity index is 928. The molecule has 4 rings (SSSR count). The number of Topliss-reactive ketones (excluding diaryl/α,β-unsaturated/α-hetero) is 1. The van der Waals surface area contributed by atoms with E-state index in [9.17, 15) is 18.0 Å². The van der Waals surface area contributed by atoms with Gasteiger partial charge in [-0.3, -0.25) is 8.98 Å². The number of rotatable bonds is 5. The number of carbonyl (C=O) groups is 2. The molecule has 33 heavy (non-hydrogen) atoms. The largest absolute Gasteiger partial charge is 0.361 e. The molecule has 0 aromatic heterocycles. The zero-order valence-electron chi connectivity index (χ0n) is 18.9. The lowest BCUT2D eigenvalue weighted by Gasteiger charge is -2.36.